The van der Waals surface area contributed by atoms with Gasteiger partial charge in [0.05, 0.1) is 27.7 Å². The van der Waals surface area contributed by atoms with Gasteiger partial charge in [0.1, 0.15) is 0 Å². The molecule has 0 spiro atoms. The fraction of sp³-hybridized carbons (Fsp3) is 0.0625. The van der Waals surface area contributed by atoms with Crippen LogP contribution in [0.4, 0.5) is 13.2 Å². The number of pyridine rings is 3. The molecule has 3 heterocycles. The summed E-state index contributed by atoms with van der Waals surface area (Å²) in [5, 5.41) is 0. The summed E-state index contributed by atoms with van der Waals surface area (Å²) < 4.78 is 64.6. The van der Waals surface area contributed by atoms with E-state index in [1.54, 1.807) is 36.4 Å². The molecule has 26 heavy (non-hydrogen) atoms. The number of rotatable bonds is 4. The van der Waals surface area contributed by atoms with Crippen LogP contribution in [0.5, 0.6) is 0 Å². The van der Waals surface area contributed by atoms with Crippen molar-refractivity contribution in [1.29, 1.82) is 0 Å². The molecule has 0 fully saturated rings. The normalized spacial score (nSPS) is 12.1. The Morgan fingerprint density at radius 3 is 1.69 bits per heavy atom. The van der Waals surface area contributed by atoms with Crippen molar-refractivity contribution in [3.63, 3.8) is 0 Å². The van der Waals surface area contributed by atoms with Crippen molar-refractivity contribution in [2.24, 2.45) is 0 Å². The highest BCUT2D eigenvalue weighted by molar-refractivity contribution is 7.86. The molecule has 0 aliphatic carbocycles. The first-order valence-corrected chi connectivity index (χ1v) is 8.53. The third kappa shape index (κ3) is 4.21. The first kappa shape index (κ1) is 18.0. The predicted molar refractivity (Wildman–Crippen MR) is 85.0 cm³/mol. The van der Waals surface area contributed by atoms with Crippen LogP contribution in [0.2, 0.25) is 0 Å². The fourth-order valence-corrected chi connectivity index (χ4v) is 2.97. The number of nitrogens with zero attached hydrogens (tertiary/aromatic N) is 3. The quantitative estimate of drug-likeness (QED) is 0.644. The van der Waals surface area contributed by atoms with Crippen LogP contribution < -0.4 is 0 Å². The Hall–Kier alpha value is -2.85. The Labute approximate surface area is 146 Å². The average molecular weight is 381 g/mol. The second-order valence-corrected chi connectivity index (χ2v) is 6.53. The highest BCUT2D eigenvalue weighted by Gasteiger charge is 2.38. The summed E-state index contributed by atoms with van der Waals surface area (Å²) in [5.41, 5.74) is 0.707. The van der Waals surface area contributed by atoms with Crippen molar-refractivity contribution in [3.05, 3.63) is 60.9 Å². The molecule has 0 bridgehead atoms. The van der Waals surface area contributed by atoms with E-state index < -0.39 is 21.4 Å². The van der Waals surface area contributed by atoms with E-state index in [0.717, 1.165) is 12.1 Å². The Balaban J connectivity index is 2.19. The SMILES string of the molecule is O=S(=O)(OC(F)(F)F)c1cc(-c2ccccn2)nc(-c2ccccn2)c1. The van der Waals surface area contributed by atoms with Crippen LogP contribution in [-0.2, 0) is 14.3 Å². The van der Waals surface area contributed by atoms with Crippen LogP contribution in [0.3, 0.4) is 0 Å². The van der Waals surface area contributed by atoms with Crippen LogP contribution in [0.15, 0.2) is 65.8 Å². The van der Waals surface area contributed by atoms with Gasteiger partial charge in [-0.1, -0.05) is 12.1 Å². The minimum absolute atomic E-state index is 0.0677. The largest absolute Gasteiger partial charge is 0.537 e. The monoisotopic (exact) mass is 381 g/mol. The summed E-state index contributed by atoms with van der Waals surface area (Å²) in [6.45, 7) is 0. The number of hydrogen-bond donors (Lipinski definition) is 0. The van der Waals surface area contributed by atoms with Gasteiger partial charge in [-0.2, -0.15) is 12.6 Å². The number of aromatic nitrogens is 3. The van der Waals surface area contributed by atoms with E-state index in [1.807, 2.05) is 0 Å². The summed E-state index contributed by atoms with van der Waals surface area (Å²) in [5.74, 6) is 0. The lowest BCUT2D eigenvalue weighted by atomic mass is 10.2. The van der Waals surface area contributed by atoms with Crippen LogP contribution in [0, 0.1) is 0 Å². The lowest BCUT2D eigenvalue weighted by Crippen LogP contribution is -2.20. The lowest BCUT2D eigenvalue weighted by Gasteiger charge is -2.11. The smallest absolute Gasteiger partial charge is 0.255 e. The Bertz CT molecular complexity index is 953. The van der Waals surface area contributed by atoms with Gasteiger partial charge in [-0.25, -0.2) is 4.98 Å². The first-order chi connectivity index (χ1) is 12.2. The summed E-state index contributed by atoms with van der Waals surface area (Å²) in [7, 11) is -5.10. The van der Waals surface area contributed by atoms with E-state index in [-0.39, 0.29) is 22.8 Å². The molecule has 10 heteroatoms. The third-order valence-corrected chi connectivity index (χ3v) is 4.37. The van der Waals surface area contributed by atoms with Crippen molar-refractivity contribution in [1.82, 2.24) is 15.0 Å². The molecule has 134 valence electrons. The van der Waals surface area contributed by atoms with E-state index in [9.17, 15) is 21.6 Å². The van der Waals surface area contributed by atoms with E-state index in [1.165, 1.54) is 12.4 Å². The van der Waals surface area contributed by atoms with Gasteiger partial charge in [0.15, 0.2) is 0 Å². The minimum Gasteiger partial charge on any atom is -0.255 e. The Kier molecular flexibility index (Phi) is 4.70. The third-order valence-electron chi connectivity index (χ3n) is 3.15. The van der Waals surface area contributed by atoms with Crippen LogP contribution >= 0.6 is 0 Å². The Morgan fingerprint density at radius 1 is 0.808 bits per heavy atom. The molecule has 0 N–H and O–H groups in total. The molecule has 3 rings (SSSR count). The lowest BCUT2D eigenvalue weighted by molar-refractivity contribution is -0.271. The van der Waals surface area contributed by atoms with Crippen molar-refractivity contribution in [3.8, 4) is 22.8 Å². The van der Waals surface area contributed by atoms with Gasteiger partial charge in [-0.15, -0.1) is 13.2 Å². The summed E-state index contributed by atoms with van der Waals surface area (Å²) >= 11 is 0. The molecular formula is C16H10F3N3O3S. The maximum absolute atomic E-state index is 12.4. The second kappa shape index (κ2) is 6.81. The molecular weight excluding hydrogens is 371 g/mol. The van der Waals surface area contributed by atoms with E-state index in [4.69, 9.17) is 0 Å². The highest BCUT2D eigenvalue weighted by Crippen LogP contribution is 2.29. The van der Waals surface area contributed by atoms with Gasteiger partial charge in [-0.05, 0) is 36.4 Å². The number of alkyl halides is 3. The molecule has 3 aromatic heterocycles. The zero-order valence-corrected chi connectivity index (χ0v) is 13.7. The molecule has 0 unspecified atom stereocenters. The van der Waals surface area contributed by atoms with Gasteiger partial charge in [0.25, 0.3) is 0 Å². The maximum atomic E-state index is 12.4. The van der Waals surface area contributed by atoms with Gasteiger partial charge in [-0.3, -0.25) is 9.97 Å². The van der Waals surface area contributed by atoms with Crippen molar-refractivity contribution < 1.29 is 25.8 Å². The van der Waals surface area contributed by atoms with E-state index in [2.05, 4.69) is 19.1 Å². The number of hydrogen-bond acceptors (Lipinski definition) is 6. The van der Waals surface area contributed by atoms with Gasteiger partial charge in [0.2, 0.25) is 0 Å². The molecule has 0 saturated heterocycles. The zero-order chi connectivity index (χ0) is 18.8. The van der Waals surface area contributed by atoms with Gasteiger partial charge in [0, 0.05) is 12.4 Å². The predicted octanol–water partition coefficient (Wildman–Crippen LogP) is 3.43. The standard InChI is InChI=1S/C16H10F3N3O3S/c17-16(18,19)25-26(23,24)11-9-14(12-5-1-3-7-20-12)22-15(10-11)13-6-2-4-8-21-13/h1-10H. The van der Waals surface area contributed by atoms with Crippen LogP contribution in [-0.4, -0.2) is 29.7 Å². The van der Waals surface area contributed by atoms with E-state index in [0.29, 0.717) is 0 Å². The van der Waals surface area contributed by atoms with Crippen molar-refractivity contribution in [2.75, 3.05) is 0 Å². The molecule has 0 saturated carbocycles. The van der Waals surface area contributed by atoms with E-state index >= 15 is 0 Å². The molecule has 3 aromatic rings. The molecule has 0 atom stereocenters. The average Bonchev–Trinajstić information content (AvgIpc) is 2.61. The van der Waals surface area contributed by atoms with Gasteiger partial charge >= 0.3 is 16.5 Å². The fourth-order valence-electron chi connectivity index (χ4n) is 2.11. The first-order valence-electron chi connectivity index (χ1n) is 7.12. The zero-order valence-electron chi connectivity index (χ0n) is 12.9. The second-order valence-electron chi connectivity index (χ2n) is 4.99. The molecule has 0 amide bonds. The highest BCUT2D eigenvalue weighted by atomic mass is 32.2. The summed E-state index contributed by atoms with van der Waals surface area (Å²) in [6.07, 6.45) is -2.45. The van der Waals surface area contributed by atoms with Crippen LogP contribution in [0.25, 0.3) is 22.8 Å². The Morgan fingerprint density at radius 2 is 1.31 bits per heavy atom. The van der Waals surface area contributed by atoms with Crippen molar-refractivity contribution >= 4 is 10.1 Å². The topological polar surface area (TPSA) is 82.0 Å². The molecule has 6 nitrogen and oxygen atoms in total. The molecule has 0 aliphatic heterocycles. The minimum atomic E-state index is -5.35. The van der Waals surface area contributed by atoms with Crippen LogP contribution in [0.1, 0.15) is 0 Å². The molecule has 0 aliphatic rings. The molecule has 0 aromatic carbocycles. The maximum Gasteiger partial charge on any atom is 0.537 e. The number of halogens is 3. The summed E-state index contributed by atoms with van der Waals surface area (Å²) in [6, 6.07) is 11.6. The van der Waals surface area contributed by atoms with Crippen molar-refractivity contribution in [2.45, 2.75) is 11.3 Å². The molecule has 0 radical (unpaired) electrons. The summed E-state index contributed by atoms with van der Waals surface area (Å²) in [4.78, 5) is 11.6. The van der Waals surface area contributed by atoms with Gasteiger partial charge < -0.3 is 0 Å².